The summed E-state index contributed by atoms with van der Waals surface area (Å²) in [6, 6.07) is 3.22. The van der Waals surface area contributed by atoms with Crippen molar-refractivity contribution in [3.63, 3.8) is 0 Å². The Hall–Kier alpha value is -0.830. The molecule has 2 fully saturated rings. The average molecular weight is 385 g/mol. The van der Waals surface area contributed by atoms with Crippen molar-refractivity contribution in [3.8, 4) is 0 Å². The van der Waals surface area contributed by atoms with E-state index in [4.69, 9.17) is 0 Å². The molecule has 4 nitrogen and oxygen atoms in total. The lowest BCUT2D eigenvalue weighted by molar-refractivity contribution is -0.137. The maximum Gasteiger partial charge on any atom is 0.416 e. The number of hydrogen-bond donors (Lipinski definition) is 2. The smallest absolute Gasteiger partial charge is 0.311 e. The third-order valence-electron chi connectivity index (χ3n) is 4.59. The summed E-state index contributed by atoms with van der Waals surface area (Å²) in [6.07, 6.45) is -0.954. The number of fused-ring (bicyclic) bond motifs is 2. The molecule has 24 heavy (non-hydrogen) atoms. The Labute approximate surface area is 145 Å². The van der Waals surface area contributed by atoms with E-state index in [9.17, 15) is 21.6 Å². The highest BCUT2D eigenvalue weighted by molar-refractivity contribution is 7.89. The van der Waals surface area contributed by atoms with Gasteiger partial charge < -0.3 is 5.32 Å². The van der Waals surface area contributed by atoms with Crippen LogP contribution < -0.4 is 10.0 Å². The van der Waals surface area contributed by atoms with Crippen LogP contribution in [0.3, 0.4) is 0 Å². The van der Waals surface area contributed by atoms with E-state index < -0.39 is 21.8 Å². The second-order valence-electron chi connectivity index (χ2n) is 6.41. The van der Waals surface area contributed by atoms with Crippen molar-refractivity contribution in [2.45, 2.75) is 61.8 Å². The summed E-state index contributed by atoms with van der Waals surface area (Å²) in [7, 11) is -3.82. The lowest BCUT2D eigenvalue weighted by Gasteiger charge is -2.29. The van der Waals surface area contributed by atoms with Crippen LogP contribution in [0.1, 0.15) is 36.8 Å². The van der Waals surface area contributed by atoms with Gasteiger partial charge in [0.1, 0.15) is 0 Å². The molecule has 0 aliphatic carbocycles. The largest absolute Gasteiger partial charge is 0.416 e. The number of halogens is 4. The highest BCUT2D eigenvalue weighted by Crippen LogP contribution is 2.32. The van der Waals surface area contributed by atoms with Gasteiger partial charge in [-0.1, -0.05) is 0 Å². The van der Waals surface area contributed by atoms with Crippen LogP contribution in [0.25, 0.3) is 0 Å². The molecule has 0 amide bonds. The molecule has 3 rings (SSSR count). The van der Waals surface area contributed by atoms with E-state index in [1.165, 1.54) is 6.92 Å². The van der Waals surface area contributed by atoms with Crippen molar-refractivity contribution in [2.24, 2.45) is 0 Å². The lowest BCUT2D eigenvalue weighted by atomic mass is 10.0. The summed E-state index contributed by atoms with van der Waals surface area (Å²) in [5.41, 5.74) is -0.738. The average Bonchev–Trinajstić information content (AvgIpc) is 2.76. The number of hydrogen-bond acceptors (Lipinski definition) is 3. The first-order valence-corrected chi connectivity index (χ1v) is 9.10. The van der Waals surface area contributed by atoms with Crippen LogP contribution in [0.4, 0.5) is 13.2 Å². The van der Waals surface area contributed by atoms with Crippen LogP contribution in [0, 0.1) is 6.92 Å². The molecule has 2 N–H and O–H groups in total. The number of benzene rings is 1. The Morgan fingerprint density at radius 3 is 2.25 bits per heavy atom. The van der Waals surface area contributed by atoms with Crippen LogP contribution in [0.2, 0.25) is 0 Å². The molecule has 0 spiro atoms. The Morgan fingerprint density at radius 1 is 1.17 bits per heavy atom. The predicted molar refractivity (Wildman–Crippen MR) is 86.7 cm³/mol. The van der Waals surface area contributed by atoms with E-state index in [0.29, 0.717) is 12.1 Å². The second kappa shape index (κ2) is 6.82. The first kappa shape index (κ1) is 19.5. The highest BCUT2D eigenvalue weighted by atomic mass is 35.5. The quantitative estimate of drug-likeness (QED) is 0.842. The minimum atomic E-state index is -4.48. The Balaban J connectivity index is 0.00000208. The zero-order valence-corrected chi connectivity index (χ0v) is 14.7. The third-order valence-corrected chi connectivity index (χ3v) is 6.27. The normalized spacial score (nSPS) is 26.9. The van der Waals surface area contributed by atoms with Crippen molar-refractivity contribution in [2.75, 3.05) is 0 Å². The van der Waals surface area contributed by atoms with Gasteiger partial charge in [-0.15, -0.1) is 12.4 Å². The highest BCUT2D eigenvalue weighted by Gasteiger charge is 2.36. The molecule has 136 valence electrons. The van der Waals surface area contributed by atoms with Gasteiger partial charge in [-0.05, 0) is 56.4 Å². The molecule has 0 saturated carbocycles. The molecule has 2 unspecified atom stereocenters. The zero-order valence-electron chi connectivity index (χ0n) is 13.1. The van der Waals surface area contributed by atoms with E-state index in [2.05, 4.69) is 10.0 Å². The maximum atomic E-state index is 12.7. The molecule has 1 aromatic carbocycles. The molecule has 1 aromatic rings. The molecule has 0 aromatic heterocycles. The number of rotatable bonds is 3. The molecule has 2 bridgehead atoms. The Bertz CT molecular complexity index is 697. The van der Waals surface area contributed by atoms with E-state index in [1.54, 1.807) is 0 Å². The van der Waals surface area contributed by atoms with Gasteiger partial charge in [-0.2, -0.15) is 13.2 Å². The number of aryl methyl sites for hydroxylation is 1. The number of nitrogens with one attached hydrogen (secondary N) is 2. The summed E-state index contributed by atoms with van der Waals surface area (Å²) in [5, 5.41) is 3.42. The molecule has 2 aliphatic heterocycles. The van der Waals surface area contributed by atoms with Gasteiger partial charge in [0.25, 0.3) is 0 Å². The van der Waals surface area contributed by atoms with Crippen molar-refractivity contribution in [3.05, 3.63) is 29.3 Å². The van der Waals surface area contributed by atoms with Crippen molar-refractivity contribution >= 4 is 22.4 Å². The SMILES string of the molecule is Cc1cc(C(F)(F)F)ccc1S(=O)(=O)NC1CC2CCC(C1)N2.Cl. The molecule has 0 radical (unpaired) electrons. The van der Waals surface area contributed by atoms with Crippen LogP contribution in [-0.4, -0.2) is 26.5 Å². The van der Waals surface area contributed by atoms with Gasteiger partial charge in [0.05, 0.1) is 10.5 Å². The molecular formula is C15H20ClF3N2O2S. The summed E-state index contributed by atoms with van der Waals surface area (Å²) in [6.45, 7) is 1.38. The monoisotopic (exact) mass is 384 g/mol. The standard InChI is InChI=1S/C15H19F3N2O2S.ClH/c1-9-6-10(15(16,17)18)2-5-14(9)23(21,22)20-13-7-11-3-4-12(8-13)19-11;/h2,5-6,11-13,19-20H,3-4,7-8H2,1H3;1H. The summed E-state index contributed by atoms with van der Waals surface area (Å²) in [4.78, 5) is -0.0867. The van der Waals surface area contributed by atoms with Gasteiger partial charge >= 0.3 is 6.18 Å². The first-order valence-electron chi connectivity index (χ1n) is 7.61. The van der Waals surface area contributed by atoms with Crippen LogP contribution in [0.15, 0.2) is 23.1 Å². The first-order chi connectivity index (χ1) is 10.6. The van der Waals surface area contributed by atoms with E-state index in [1.807, 2.05) is 0 Å². The predicted octanol–water partition coefficient (Wildman–Crippen LogP) is 3.00. The molecule has 2 atom stereocenters. The molecule has 2 saturated heterocycles. The molecule has 2 heterocycles. The topological polar surface area (TPSA) is 58.2 Å². The fourth-order valence-electron chi connectivity index (χ4n) is 3.56. The van der Waals surface area contributed by atoms with Gasteiger partial charge in [0.2, 0.25) is 10.0 Å². The number of sulfonamides is 1. The Morgan fingerprint density at radius 2 is 1.75 bits per heavy atom. The number of piperidine rings is 1. The van der Waals surface area contributed by atoms with E-state index >= 15 is 0 Å². The van der Waals surface area contributed by atoms with E-state index in [-0.39, 0.29) is 28.9 Å². The lowest BCUT2D eigenvalue weighted by Crippen LogP contribution is -2.48. The molecule has 2 aliphatic rings. The maximum absolute atomic E-state index is 12.7. The summed E-state index contributed by atoms with van der Waals surface area (Å²) >= 11 is 0. The van der Waals surface area contributed by atoms with Crippen molar-refractivity contribution in [1.82, 2.24) is 10.0 Å². The van der Waals surface area contributed by atoms with Crippen molar-refractivity contribution in [1.29, 1.82) is 0 Å². The Kier molecular flexibility index (Phi) is 5.54. The molecular weight excluding hydrogens is 365 g/mol. The van der Waals surface area contributed by atoms with Crippen LogP contribution in [0.5, 0.6) is 0 Å². The second-order valence-corrected chi connectivity index (χ2v) is 8.09. The van der Waals surface area contributed by atoms with Gasteiger partial charge in [-0.3, -0.25) is 0 Å². The fourth-order valence-corrected chi connectivity index (χ4v) is 5.05. The minimum absolute atomic E-state index is 0. The minimum Gasteiger partial charge on any atom is -0.311 e. The van der Waals surface area contributed by atoms with Crippen molar-refractivity contribution < 1.29 is 21.6 Å². The fraction of sp³-hybridized carbons (Fsp3) is 0.600. The molecule has 9 heteroatoms. The van der Waals surface area contributed by atoms with Crippen LogP contribution >= 0.6 is 12.4 Å². The van der Waals surface area contributed by atoms with Gasteiger partial charge in [-0.25, -0.2) is 13.1 Å². The van der Waals surface area contributed by atoms with Gasteiger partial charge in [0.15, 0.2) is 0 Å². The van der Waals surface area contributed by atoms with E-state index in [0.717, 1.165) is 43.9 Å². The van der Waals surface area contributed by atoms with Gasteiger partial charge in [0, 0.05) is 18.1 Å². The third kappa shape index (κ3) is 4.04. The summed E-state index contributed by atoms with van der Waals surface area (Å²) in [5.74, 6) is 0. The van der Waals surface area contributed by atoms with Crippen LogP contribution in [-0.2, 0) is 16.2 Å². The number of alkyl halides is 3. The summed E-state index contributed by atoms with van der Waals surface area (Å²) < 4.78 is 65.7. The zero-order chi connectivity index (χ0) is 16.8.